The molecule has 0 aliphatic rings. The number of amides is 2. The fourth-order valence-corrected chi connectivity index (χ4v) is 2.47. The second-order valence-corrected chi connectivity index (χ2v) is 5.86. The van der Waals surface area contributed by atoms with Crippen molar-refractivity contribution in [2.75, 3.05) is 0 Å². The molecule has 0 aliphatic heterocycles. The lowest BCUT2D eigenvalue weighted by molar-refractivity contribution is -0.122. The molecule has 0 aliphatic carbocycles. The molecule has 0 unspecified atom stereocenters. The van der Waals surface area contributed by atoms with E-state index < -0.39 is 5.91 Å². The smallest absolute Gasteiger partial charge is 0.271 e. The van der Waals surface area contributed by atoms with E-state index in [1.54, 1.807) is 24.7 Å². The lowest BCUT2D eigenvalue weighted by Gasteiger charge is -2.08. The van der Waals surface area contributed by atoms with Gasteiger partial charge in [-0.1, -0.05) is 0 Å². The van der Waals surface area contributed by atoms with Crippen molar-refractivity contribution in [2.24, 2.45) is 0 Å². The number of imidazole rings is 1. The Morgan fingerprint density at radius 1 is 1.16 bits per heavy atom. The number of pyridine rings is 1. The molecule has 7 nitrogen and oxygen atoms in total. The van der Waals surface area contributed by atoms with E-state index in [-0.39, 0.29) is 12.3 Å². The predicted octanol–water partition coefficient (Wildman–Crippen LogP) is 1.90. The van der Waals surface area contributed by atoms with Crippen LogP contribution in [-0.4, -0.2) is 26.3 Å². The molecule has 0 saturated carbocycles. The molecule has 25 heavy (non-hydrogen) atoms. The van der Waals surface area contributed by atoms with Gasteiger partial charge in [-0.05, 0) is 49.2 Å². The summed E-state index contributed by atoms with van der Waals surface area (Å²) < 4.78 is 1.93. The minimum absolute atomic E-state index is 0.228. The maximum atomic E-state index is 12.0. The summed E-state index contributed by atoms with van der Waals surface area (Å²) in [5.74, 6) is -0.677. The van der Waals surface area contributed by atoms with Gasteiger partial charge in [0.1, 0.15) is 0 Å². The van der Waals surface area contributed by atoms with E-state index in [1.165, 1.54) is 17.3 Å². The largest absolute Gasteiger partial charge is 0.330 e. The number of benzene rings is 1. The van der Waals surface area contributed by atoms with Gasteiger partial charge in [0.15, 0.2) is 0 Å². The third kappa shape index (κ3) is 3.82. The number of nitrogens with zero attached hydrogens (tertiary/aromatic N) is 3. The first kappa shape index (κ1) is 16.6. The van der Waals surface area contributed by atoms with Gasteiger partial charge in [-0.25, -0.2) is 4.98 Å². The first-order valence-corrected chi connectivity index (χ1v) is 7.96. The summed E-state index contributed by atoms with van der Waals surface area (Å²) in [5, 5.41) is 0. The Labute approximate surface area is 145 Å². The Bertz CT molecular complexity index is 918. The van der Waals surface area contributed by atoms with Gasteiger partial charge in [0.05, 0.1) is 22.9 Å². The average molecular weight is 337 g/mol. The van der Waals surface area contributed by atoms with Crippen LogP contribution in [0.2, 0.25) is 0 Å². The molecule has 2 heterocycles. The Morgan fingerprint density at radius 3 is 2.72 bits per heavy atom. The number of carbonyl (C=O) groups excluding carboxylic acids is 2. The molecular formula is C18H19N5O2. The third-order valence-electron chi connectivity index (χ3n) is 4.06. The van der Waals surface area contributed by atoms with E-state index in [4.69, 9.17) is 0 Å². The summed E-state index contributed by atoms with van der Waals surface area (Å²) >= 11 is 0. The summed E-state index contributed by atoms with van der Waals surface area (Å²) in [4.78, 5) is 32.0. The molecule has 2 N–H and O–H groups in total. The van der Waals surface area contributed by atoms with Gasteiger partial charge in [0, 0.05) is 25.4 Å². The molecule has 0 saturated heterocycles. The van der Waals surface area contributed by atoms with Crippen LogP contribution in [0.1, 0.15) is 27.9 Å². The molecule has 1 aromatic carbocycles. The zero-order valence-corrected chi connectivity index (χ0v) is 14.1. The number of carbonyl (C=O) groups is 2. The quantitative estimate of drug-likeness (QED) is 0.712. The SMILES string of the molecule is Cc1cc2ncn(CCC(=O)NNC(=O)c3cccnc3)c2cc1C. The highest BCUT2D eigenvalue weighted by atomic mass is 16.2. The molecule has 3 rings (SSSR count). The van der Waals surface area contributed by atoms with Crippen LogP contribution >= 0.6 is 0 Å². The minimum atomic E-state index is -0.402. The van der Waals surface area contributed by atoms with Gasteiger partial charge in [-0.3, -0.25) is 25.4 Å². The Kier molecular flexibility index (Phi) is 4.74. The summed E-state index contributed by atoms with van der Waals surface area (Å²) in [7, 11) is 0. The molecule has 0 fully saturated rings. The fourth-order valence-electron chi connectivity index (χ4n) is 2.47. The molecule has 0 spiro atoms. The molecular weight excluding hydrogens is 318 g/mol. The minimum Gasteiger partial charge on any atom is -0.330 e. The lowest BCUT2D eigenvalue weighted by atomic mass is 10.1. The first-order chi connectivity index (χ1) is 12.0. The molecule has 2 aromatic heterocycles. The number of fused-ring (bicyclic) bond motifs is 1. The summed E-state index contributed by atoms with van der Waals surface area (Å²) in [6.45, 7) is 4.58. The van der Waals surface area contributed by atoms with Crippen molar-refractivity contribution in [3.63, 3.8) is 0 Å². The maximum absolute atomic E-state index is 12.0. The second kappa shape index (κ2) is 7.12. The number of rotatable bonds is 4. The number of aryl methyl sites for hydroxylation is 3. The van der Waals surface area contributed by atoms with E-state index in [1.807, 2.05) is 24.5 Å². The normalized spacial score (nSPS) is 10.6. The highest BCUT2D eigenvalue weighted by Crippen LogP contribution is 2.18. The molecule has 0 atom stereocenters. The molecule has 3 aromatic rings. The van der Waals surface area contributed by atoms with Crippen molar-refractivity contribution < 1.29 is 9.59 Å². The van der Waals surface area contributed by atoms with Crippen LogP contribution in [0.15, 0.2) is 43.0 Å². The van der Waals surface area contributed by atoms with Gasteiger partial charge >= 0.3 is 0 Å². The fraction of sp³-hybridized carbons (Fsp3) is 0.222. The maximum Gasteiger partial charge on any atom is 0.271 e. The lowest BCUT2D eigenvalue weighted by Crippen LogP contribution is -2.41. The van der Waals surface area contributed by atoms with E-state index in [2.05, 4.69) is 26.9 Å². The molecule has 7 heteroatoms. The van der Waals surface area contributed by atoms with Crippen LogP contribution in [0.3, 0.4) is 0 Å². The number of hydrogen-bond acceptors (Lipinski definition) is 4. The van der Waals surface area contributed by atoms with Gasteiger partial charge in [-0.15, -0.1) is 0 Å². The standard InChI is InChI=1S/C18H19N5O2/c1-12-8-15-16(9-13(12)2)23(11-20-15)7-5-17(24)21-22-18(25)14-4-3-6-19-10-14/h3-4,6,8-11H,5,7H2,1-2H3,(H,21,24)(H,22,25). The third-order valence-corrected chi connectivity index (χ3v) is 4.06. The molecule has 2 amide bonds. The number of nitrogens with one attached hydrogen (secondary N) is 2. The monoisotopic (exact) mass is 337 g/mol. The van der Waals surface area contributed by atoms with Crippen molar-refractivity contribution in [1.29, 1.82) is 0 Å². The Balaban J connectivity index is 1.56. The summed E-state index contributed by atoms with van der Waals surface area (Å²) in [6, 6.07) is 7.39. The van der Waals surface area contributed by atoms with Crippen LogP contribution in [0.25, 0.3) is 11.0 Å². The van der Waals surface area contributed by atoms with Crippen LogP contribution in [0, 0.1) is 13.8 Å². The van der Waals surface area contributed by atoms with Crippen molar-refractivity contribution in [2.45, 2.75) is 26.8 Å². The van der Waals surface area contributed by atoms with E-state index in [0.717, 1.165) is 11.0 Å². The molecule has 0 radical (unpaired) electrons. The van der Waals surface area contributed by atoms with Crippen LogP contribution < -0.4 is 10.9 Å². The van der Waals surface area contributed by atoms with Crippen molar-refractivity contribution in [1.82, 2.24) is 25.4 Å². The van der Waals surface area contributed by atoms with E-state index in [9.17, 15) is 9.59 Å². The van der Waals surface area contributed by atoms with Crippen molar-refractivity contribution >= 4 is 22.8 Å². The van der Waals surface area contributed by atoms with Gasteiger partial charge < -0.3 is 4.57 Å². The summed E-state index contributed by atoms with van der Waals surface area (Å²) in [6.07, 6.45) is 4.97. The second-order valence-electron chi connectivity index (χ2n) is 5.86. The first-order valence-electron chi connectivity index (χ1n) is 7.96. The van der Waals surface area contributed by atoms with Crippen LogP contribution in [-0.2, 0) is 11.3 Å². The number of aromatic nitrogens is 3. The van der Waals surface area contributed by atoms with Crippen LogP contribution in [0.5, 0.6) is 0 Å². The Hall–Kier alpha value is -3.22. The van der Waals surface area contributed by atoms with Gasteiger partial charge in [0.2, 0.25) is 5.91 Å². The van der Waals surface area contributed by atoms with Crippen LogP contribution in [0.4, 0.5) is 0 Å². The zero-order valence-electron chi connectivity index (χ0n) is 14.1. The van der Waals surface area contributed by atoms with Crippen molar-refractivity contribution in [3.8, 4) is 0 Å². The Morgan fingerprint density at radius 2 is 1.96 bits per heavy atom. The van der Waals surface area contributed by atoms with Gasteiger partial charge in [0.25, 0.3) is 5.91 Å². The van der Waals surface area contributed by atoms with E-state index >= 15 is 0 Å². The average Bonchev–Trinajstić information content (AvgIpc) is 3.00. The van der Waals surface area contributed by atoms with Gasteiger partial charge in [-0.2, -0.15) is 0 Å². The highest BCUT2D eigenvalue weighted by Gasteiger charge is 2.09. The zero-order chi connectivity index (χ0) is 17.8. The molecule has 128 valence electrons. The van der Waals surface area contributed by atoms with E-state index in [0.29, 0.717) is 12.1 Å². The highest BCUT2D eigenvalue weighted by molar-refractivity contribution is 5.95. The number of hydrogen-bond donors (Lipinski definition) is 2. The summed E-state index contributed by atoms with van der Waals surface area (Å²) in [5.41, 5.74) is 9.45. The van der Waals surface area contributed by atoms with Crippen molar-refractivity contribution in [3.05, 3.63) is 59.7 Å². The molecule has 0 bridgehead atoms. The predicted molar refractivity (Wildman–Crippen MR) is 93.7 cm³/mol. The topological polar surface area (TPSA) is 88.9 Å². The number of hydrazine groups is 1.